The maximum absolute atomic E-state index is 13.4. The molecule has 4 fully saturated rings. The number of anilines is 1. The Morgan fingerprint density at radius 3 is 2.39 bits per heavy atom. The van der Waals surface area contributed by atoms with E-state index in [9.17, 15) is 28.8 Å². The highest BCUT2D eigenvalue weighted by molar-refractivity contribution is 6.23. The Bertz CT molecular complexity index is 2430. The van der Waals surface area contributed by atoms with Crippen LogP contribution < -0.4 is 25.2 Å². The maximum atomic E-state index is 13.4. The Morgan fingerprint density at radius 2 is 1.67 bits per heavy atom. The smallest absolute Gasteiger partial charge is 0.262 e. The van der Waals surface area contributed by atoms with E-state index < -0.39 is 29.7 Å². The molecule has 0 bridgehead atoms. The summed E-state index contributed by atoms with van der Waals surface area (Å²) < 4.78 is 13.3. The fourth-order valence-corrected chi connectivity index (χ4v) is 9.38. The molecule has 4 aromatic rings. The topological polar surface area (TPSA) is 164 Å². The number of ether oxygens (including phenoxy) is 2. The van der Waals surface area contributed by atoms with Crippen LogP contribution in [0.4, 0.5) is 5.69 Å². The van der Waals surface area contributed by atoms with E-state index in [1.54, 1.807) is 50.4 Å². The molecular weight excluding hydrogens is 731 g/mol. The van der Waals surface area contributed by atoms with Crippen LogP contribution in [0.25, 0.3) is 21.9 Å². The Kier molecular flexibility index (Phi) is 8.87. The minimum absolute atomic E-state index is 0. The Balaban J connectivity index is 0.00000469. The van der Waals surface area contributed by atoms with Gasteiger partial charge in [0.2, 0.25) is 17.7 Å². The standard InChI is InChI=1S/C42H43N7O8.H2/c1-45-19-31(27-8-10-43-16-30(27)39(45)53)25-13-34(56-2)32(35(14-25)57-3)20-46-17-24(18-46)12-37(51)48-22-42(23-48)9-11-47(21-42)26-4-5-28-29(15-26)41(55)49(40(28)54)33-6-7-36(50)44-38(33)52;/h4-5,8,10,13-16,19,24,33H,6-7,9,11-12,17-18,20-23H2,1-3H3,(H,44,50,52);1H. The van der Waals surface area contributed by atoms with Crippen molar-refractivity contribution in [2.75, 3.05) is 58.4 Å². The number of hydrogen-bond acceptors (Lipinski definition) is 11. The van der Waals surface area contributed by atoms with Crippen molar-refractivity contribution in [2.45, 2.75) is 38.3 Å². The van der Waals surface area contributed by atoms with Gasteiger partial charge in [-0.05, 0) is 66.1 Å². The van der Waals surface area contributed by atoms with Crippen LogP contribution in [-0.4, -0.2) is 113 Å². The van der Waals surface area contributed by atoms with Crippen molar-refractivity contribution < 1.29 is 34.9 Å². The molecule has 4 saturated heterocycles. The number of hydrogen-bond donors (Lipinski definition) is 1. The summed E-state index contributed by atoms with van der Waals surface area (Å²) in [6, 6.07) is 10.0. The number of pyridine rings is 2. The average molecular weight is 776 g/mol. The zero-order chi connectivity index (χ0) is 39.7. The number of nitrogens with zero attached hydrogens (tertiary/aromatic N) is 6. The van der Waals surface area contributed by atoms with Gasteiger partial charge in [-0.2, -0.15) is 0 Å². The molecule has 7 heterocycles. The number of carbonyl (C=O) groups excluding carboxylic acids is 5. The third-order valence-corrected chi connectivity index (χ3v) is 12.4. The van der Waals surface area contributed by atoms with Gasteiger partial charge in [0, 0.05) is 102 Å². The highest BCUT2D eigenvalue weighted by Crippen LogP contribution is 2.43. The number of piperidine rings is 1. The van der Waals surface area contributed by atoms with E-state index in [-0.39, 0.29) is 48.2 Å². The van der Waals surface area contributed by atoms with Gasteiger partial charge >= 0.3 is 0 Å². The number of rotatable bonds is 9. The van der Waals surface area contributed by atoms with Gasteiger partial charge in [0.15, 0.2) is 0 Å². The van der Waals surface area contributed by atoms with Crippen molar-refractivity contribution >= 4 is 46.0 Å². The van der Waals surface area contributed by atoms with Crippen molar-refractivity contribution in [2.24, 2.45) is 18.4 Å². The van der Waals surface area contributed by atoms with Crippen molar-refractivity contribution in [3.63, 3.8) is 0 Å². The number of carbonyl (C=O) groups is 5. The lowest BCUT2D eigenvalue weighted by Gasteiger charge is -2.49. The van der Waals surface area contributed by atoms with Gasteiger partial charge in [-0.15, -0.1) is 0 Å². The highest BCUT2D eigenvalue weighted by atomic mass is 16.5. The molecule has 1 unspecified atom stereocenters. The Hall–Kier alpha value is -6.09. The molecule has 0 radical (unpaired) electrons. The first kappa shape index (κ1) is 36.5. The quantitative estimate of drug-likeness (QED) is 0.249. The molecule has 57 heavy (non-hydrogen) atoms. The number of amides is 5. The molecule has 0 saturated carbocycles. The largest absolute Gasteiger partial charge is 0.496 e. The van der Waals surface area contributed by atoms with Crippen LogP contribution >= 0.6 is 0 Å². The van der Waals surface area contributed by atoms with Gasteiger partial charge in [0.05, 0.1) is 36.3 Å². The third kappa shape index (κ3) is 6.20. The first-order valence-electron chi connectivity index (χ1n) is 19.2. The summed E-state index contributed by atoms with van der Waals surface area (Å²) in [5.41, 5.74) is 3.88. The van der Waals surface area contributed by atoms with Crippen molar-refractivity contribution in [3.05, 3.63) is 82.0 Å². The van der Waals surface area contributed by atoms with E-state index in [0.29, 0.717) is 42.9 Å². The molecule has 1 atom stereocenters. The molecule has 1 N–H and O–H groups in total. The van der Waals surface area contributed by atoms with E-state index in [4.69, 9.17) is 9.47 Å². The molecule has 296 valence electrons. The van der Waals surface area contributed by atoms with Crippen LogP contribution in [0.15, 0.2) is 59.8 Å². The molecule has 5 amide bonds. The molecular formula is C42H45N7O8. The molecule has 2 aromatic carbocycles. The van der Waals surface area contributed by atoms with Crippen LogP contribution in [0.2, 0.25) is 0 Å². The van der Waals surface area contributed by atoms with Crippen molar-refractivity contribution in [1.29, 1.82) is 0 Å². The lowest BCUT2D eigenvalue weighted by atomic mass is 9.78. The van der Waals surface area contributed by atoms with E-state index >= 15 is 0 Å². The normalized spacial score (nSPS) is 20.5. The molecule has 15 nitrogen and oxygen atoms in total. The monoisotopic (exact) mass is 775 g/mol. The summed E-state index contributed by atoms with van der Waals surface area (Å²) in [5.74, 6) is -0.281. The van der Waals surface area contributed by atoms with Gasteiger partial charge in [-0.1, -0.05) is 0 Å². The molecule has 0 aliphatic carbocycles. The SMILES string of the molecule is COc1cc(-c2cn(C)c(=O)c3cnccc23)cc(OC)c1CN1CC(CC(=O)N2CC3(CCN(c4ccc5c(c4)C(=O)N(C4CCC(=O)NC4=O)C5=O)C3)C2)C1.[HH]. The molecule has 5 aliphatic rings. The van der Waals surface area contributed by atoms with Crippen LogP contribution in [0.1, 0.15) is 53.4 Å². The lowest BCUT2D eigenvalue weighted by molar-refractivity contribution is -0.144. The van der Waals surface area contributed by atoms with Gasteiger partial charge < -0.3 is 23.8 Å². The Labute approximate surface area is 329 Å². The number of nitrogens with one attached hydrogen (secondary N) is 1. The van der Waals surface area contributed by atoms with Gasteiger partial charge in [-0.3, -0.25) is 48.9 Å². The molecule has 1 spiro atoms. The Morgan fingerprint density at radius 1 is 0.930 bits per heavy atom. The number of imide groups is 2. The van der Waals surface area contributed by atoms with Gasteiger partial charge in [-0.25, -0.2) is 0 Å². The number of methoxy groups -OCH3 is 2. The fraction of sp³-hybridized carbons (Fsp3) is 0.405. The summed E-state index contributed by atoms with van der Waals surface area (Å²) in [6.45, 7) is 5.06. The predicted octanol–water partition coefficient (Wildman–Crippen LogP) is 2.83. The van der Waals surface area contributed by atoms with E-state index in [1.165, 1.54) is 0 Å². The van der Waals surface area contributed by atoms with E-state index in [2.05, 4.69) is 20.1 Å². The van der Waals surface area contributed by atoms with Gasteiger partial charge in [0.25, 0.3) is 17.4 Å². The first-order valence-corrected chi connectivity index (χ1v) is 19.2. The maximum Gasteiger partial charge on any atom is 0.262 e. The van der Waals surface area contributed by atoms with Crippen molar-refractivity contribution in [1.82, 2.24) is 29.6 Å². The molecule has 9 rings (SSSR count). The van der Waals surface area contributed by atoms with Crippen molar-refractivity contribution in [3.8, 4) is 22.6 Å². The van der Waals surface area contributed by atoms with E-state index in [0.717, 1.165) is 65.3 Å². The lowest BCUT2D eigenvalue weighted by Crippen LogP contribution is -2.60. The molecule has 15 heteroatoms. The number of aryl methyl sites for hydroxylation is 1. The van der Waals surface area contributed by atoms with Gasteiger partial charge in [0.1, 0.15) is 17.5 Å². The minimum atomic E-state index is -1.000. The number of benzene rings is 2. The zero-order valence-electron chi connectivity index (χ0n) is 32.1. The van der Waals surface area contributed by atoms with E-state index in [1.807, 2.05) is 35.4 Å². The van der Waals surface area contributed by atoms with Crippen LogP contribution in [-0.2, 0) is 28.0 Å². The van der Waals surface area contributed by atoms with Crippen LogP contribution in [0.3, 0.4) is 0 Å². The average Bonchev–Trinajstić information content (AvgIpc) is 3.74. The second kappa shape index (κ2) is 13.8. The van der Waals surface area contributed by atoms with Crippen LogP contribution in [0, 0.1) is 11.3 Å². The zero-order valence-corrected chi connectivity index (χ0v) is 32.1. The number of fused-ring (bicyclic) bond motifs is 2. The summed E-state index contributed by atoms with van der Waals surface area (Å²) in [4.78, 5) is 88.4. The third-order valence-electron chi connectivity index (χ3n) is 12.4. The second-order valence-corrected chi connectivity index (χ2v) is 16.1. The summed E-state index contributed by atoms with van der Waals surface area (Å²) in [5, 5.41) is 3.57. The number of aromatic nitrogens is 2. The van der Waals surface area contributed by atoms with Crippen LogP contribution in [0.5, 0.6) is 11.5 Å². The predicted molar refractivity (Wildman–Crippen MR) is 210 cm³/mol. The highest BCUT2D eigenvalue weighted by Gasteiger charge is 2.50. The molecule has 2 aromatic heterocycles. The summed E-state index contributed by atoms with van der Waals surface area (Å²) >= 11 is 0. The summed E-state index contributed by atoms with van der Waals surface area (Å²) in [7, 11) is 5.00. The molecule has 5 aliphatic heterocycles. The number of likely N-dealkylation sites (tertiary alicyclic amines) is 2. The fourth-order valence-electron chi connectivity index (χ4n) is 9.38. The first-order chi connectivity index (χ1) is 27.5. The minimum Gasteiger partial charge on any atom is -0.496 e. The second-order valence-electron chi connectivity index (χ2n) is 16.1. The summed E-state index contributed by atoms with van der Waals surface area (Å²) in [6.07, 6.45) is 6.68.